The molecule has 0 aliphatic rings. The van der Waals surface area contributed by atoms with Crippen LogP contribution in [0.5, 0.6) is 0 Å². The molecule has 2 aromatic carbocycles. The highest BCUT2D eigenvalue weighted by Gasteiger charge is 2.17. The fourth-order valence-corrected chi connectivity index (χ4v) is 5.05. The number of benzene rings is 2. The molecule has 0 radical (unpaired) electrons. The largest absolute Gasteiger partial charge is 0.411 e. The lowest BCUT2D eigenvalue weighted by atomic mass is 10.2. The van der Waals surface area contributed by atoms with E-state index in [1.807, 2.05) is 0 Å². The van der Waals surface area contributed by atoms with Gasteiger partial charge in [-0.1, -0.05) is 66.6 Å². The van der Waals surface area contributed by atoms with E-state index in [0.29, 0.717) is 0 Å². The van der Waals surface area contributed by atoms with Crippen LogP contribution in [0.25, 0.3) is 0 Å². The average Bonchev–Trinajstić information content (AvgIpc) is 2.39. The first-order valence-corrected chi connectivity index (χ1v) is 8.58. The van der Waals surface area contributed by atoms with Crippen LogP contribution in [-0.2, 0) is 4.43 Å². The second kappa shape index (κ2) is 6.69. The van der Waals surface area contributed by atoms with Crippen molar-refractivity contribution in [3.8, 4) is 0 Å². The van der Waals surface area contributed by atoms with Gasteiger partial charge in [-0.2, -0.15) is 0 Å². The van der Waals surface area contributed by atoms with Crippen molar-refractivity contribution >= 4 is 19.4 Å². The van der Waals surface area contributed by atoms with Crippen molar-refractivity contribution in [2.45, 2.75) is 27.2 Å². The van der Waals surface area contributed by atoms with Crippen molar-refractivity contribution in [2.24, 2.45) is 0 Å². The van der Waals surface area contributed by atoms with Gasteiger partial charge in [0.25, 0.3) is 0 Å². The summed E-state index contributed by atoms with van der Waals surface area (Å²) in [6.45, 7) is 7.33. The Balaban J connectivity index is 2.36. The van der Waals surface area contributed by atoms with Crippen molar-refractivity contribution in [1.29, 1.82) is 0 Å². The quantitative estimate of drug-likeness (QED) is 0.759. The summed E-state index contributed by atoms with van der Waals surface area (Å²) < 4.78 is 6.21. The van der Waals surface area contributed by atoms with Crippen molar-refractivity contribution in [1.82, 2.24) is 0 Å². The molecular weight excluding hydrogens is 248 g/mol. The molecule has 0 amide bonds. The van der Waals surface area contributed by atoms with Crippen LogP contribution in [0.1, 0.15) is 24.5 Å². The molecule has 0 aliphatic heterocycles. The number of rotatable bonds is 5. The minimum Gasteiger partial charge on any atom is -0.411 e. The fourth-order valence-electron chi connectivity index (χ4n) is 2.41. The van der Waals surface area contributed by atoms with Gasteiger partial charge >= 0.3 is 0 Å². The molecule has 2 rings (SSSR count). The fraction of sp³-hybridized carbons (Fsp3) is 0.294. The highest BCUT2D eigenvalue weighted by Crippen LogP contribution is 2.03. The highest BCUT2D eigenvalue weighted by atomic mass is 28.3. The van der Waals surface area contributed by atoms with Crippen LogP contribution in [0, 0.1) is 13.8 Å². The van der Waals surface area contributed by atoms with Crippen LogP contribution in [0.4, 0.5) is 0 Å². The minimum absolute atomic E-state index is 0.846. The Labute approximate surface area is 118 Å². The van der Waals surface area contributed by atoms with Crippen LogP contribution < -0.4 is 10.4 Å². The number of hydrogen-bond donors (Lipinski definition) is 0. The van der Waals surface area contributed by atoms with Gasteiger partial charge in [0.15, 0.2) is 0 Å². The van der Waals surface area contributed by atoms with E-state index >= 15 is 0 Å². The zero-order chi connectivity index (χ0) is 13.7. The molecule has 2 heteroatoms. The molecule has 0 saturated carbocycles. The normalized spacial score (nSPS) is 12.4. The Bertz CT molecular complexity index is 502. The molecule has 1 nitrogen and oxygen atoms in total. The molecule has 1 unspecified atom stereocenters. The van der Waals surface area contributed by atoms with Gasteiger partial charge in [-0.25, -0.2) is 0 Å². The lowest BCUT2D eigenvalue weighted by Gasteiger charge is -2.18. The molecule has 2 aromatic rings. The molecule has 0 fully saturated rings. The molecule has 0 heterocycles. The van der Waals surface area contributed by atoms with Crippen LogP contribution >= 0.6 is 0 Å². The van der Waals surface area contributed by atoms with Crippen molar-refractivity contribution in [3.63, 3.8) is 0 Å². The van der Waals surface area contributed by atoms with Gasteiger partial charge in [0.2, 0.25) is 9.04 Å². The SMILES string of the molecule is CCCO[SiH](c1ccccc1)c1cc(C)cc(C)c1. The summed E-state index contributed by atoms with van der Waals surface area (Å²) in [5.74, 6) is 0. The third kappa shape index (κ3) is 3.79. The maximum absolute atomic E-state index is 6.21. The van der Waals surface area contributed by atoms with E-state index in [4.69, 9.17) is 4.43 Å². The Hall–Kier alpha value is -1.38. The summed E-state index contributed by atoms with van der Waals surface area (Å²) >= 11 is 0. The van der Waals surface area contributed by atoms with Crippen LogP contribution in [0.2, 0.25) is 0 Å². The molecule has 19 heavy (non-hydrogen) atoms. The van der Waals surface area contributed by atoms with E-state index in [1.165, 1.54) is 21.5 Å². The topological polar surface area (TPSA) is 9.23 Å². The second-order valence-corrected chi connectivity index (χ2v) is 7.51. The van der Waals surface area contributed by atoms with Crippen LogP contribution in [-0.4, -0.2) is 15.6 Å². The van der Waals surface area contributed by atoms with Crippen LogP contribution in [0.3, 0.4) is 0 Å². The molecule has 0 spiro atoms. The van der Waals surface area contributed by atoms with E-state index in [0.717, 1.165) is 13.0 Å². The summed E-state index contributed by atoms with van der Waals surface area (Å²) in [5, 5.41) is 2.75. The van der Waals surface area contributed by atoms with Crippen LogP contribution in [0.15, 0.2) is 48.5 Å². The second-order valence-electron chi connectivity index (χ2n) is 5.08. The predicted molar refractivity (Wildman–Crippen MR) is 85.0 cm³/mol. The zero-order valence-electron chi connectivity index (χ0n) is 12.0. The number of aryl methyl sites for hydroxylation is 2. The third-order valence-corrected chi connectivity index (χ3v) is 5.64. The zero-order valence-corrected chi connectivity index (χ0v) is 13.2. The molecule has 0 bridgehead atoms. The number of hydrogen-bond acceptors (Lipinski definition) is 1. The standard InChI is InChI=1S/C17H22OSi/c1-4-10-18-19(16-8-6-5-7-9-16)17-12-14(2)11-15(3)13-17/h5-9,11-13,19H,4,10H2,1-3H3. The smallest absolute Gasteiger partial charge is 0.239 e. The maximum atomic E-state index is 6.21. The van der Waals surface area contributed by atoms with E-state index < -0.39 is 9.04 Å². The Morgan fingerprint density at radius 2 is 1.53 bits per heavy atom. The average molecular weight is 270 g/mol. The summed E-state index contributed by atoms with van der Waals surface area (Å²) in [6, 6.07) is 17.5. The Kier molecular flexibility index (Phi) is 4.94. The monoisotopic (exact) mass is 270 g/mol. The molecule has 100 valence electrons. The predicted octanol–water partition coefficient (Wildman–Crippen LogP) is 2.57. The third-order valence-electron chi connectivity index (χ3n) is 3.14. The summed E-state index contributed by atoms with van der Waals surface area (Å²) in [6.07, 6.45) is 1.07. The molecule has 0 N–H and O–H groups in total. The van der Waals surface area contributed by atoms with Crippen molar-refractivity contribution in [3.05, 3.63) is 59.7 Å². The highest BCUT2D eigenvalue weighted by molar-refractivity contribution is 6.80. The molecule has 1 atom stereocenters. The van der Waals surface area contributed by atoms with Gasteiger partial charge in [0.1, 0.15) is 0 Å². The molecule has 0 saturated heterocycles. The molecule has 0 aromatic heterocycles. The maximum Gasteiger partial charge on any atom is 0.239 e. The Morgan fingerprint density at radius 3 is 2.11 bits per heavy atom. The van der Waals surface area contributed by atoms with E-state index in [1.54, 1.807) is 0 Å². The van der Waals surface area contributed by atoms with Crippen molar-refractivity contribution in [2.75, 3.05) is 6.61 Å². The van der Waals surface area contributed by atoms with Gasteiger partial charge in [-0.3, -0.25) is 0 Å². The van der Waals surface area contributed by atoms with E-state index in [2.05, 4.69) is 69.3 Å². The van der Waals surface area contributed by atoms with E-state index in [9.17, 15) is 0 Å². The summed E-state index contributed by atoms with van der Waals surface area (Å²) in [5.41, 5.74) is 2.65. The molecular formula is C17H22OSi. The lowest BCUT2D eigenvalue weighted by molar-refractivity contribution is 0.333. The summed E-state index contributed by atoms with van der Waals surface area (Å²) in [7, 11) is -1.52. The Morgan fingerprint density at radius 1 is 0.895 bits per heavy atom. The van der Waals surface area contributed by atoms with Gasteiger partial charge < -0.3 is 4.43 Å². The lowest BCUT2D eigenvalue weighted by Crippen LogP contribution is -2.45. The van der Waals surface area contributed by atoms with Gasteiger partial charge in [-0.05, 0) is 30.6 Å². The summed E-state index contributed by atoms with van der Waals surface area (Å²) in [4.78, 5) is 0. The minimum atomic E-state index is -1.52. The molecule has 0 aliphatic carbocycles. The van der Waals surface area contributed by atoms with Gasteiger partial charge in [-0.15, -0.1) is 0 Å². The first kappa shape index (κ1) is 14.0. The first-order valence-electron chi connectivity index (χ1n) is 6.95. The van der Waals surface area contributed by atoms with Gasteiger partial charge in [0, 0.05) is 6.61 Å². The van der Waals surface area contributed by atoms with Gasteiger partial charge in [0.05, 0.1) is 0 Å². The van der Waals surface area contributed by atoms with E-state index in [-0.39, 0.29) is 0 Å². The van der Waals surface area contributed by atoms with Crippen molar-refractivity contribution < 1.29 is 4.43 Å². The first-order chi connectivity index (χ1) is 9.20.